The van der Waals surface area contributed by atoms with Gasteiger partial charge in [-0.05, 0) is 18.2 Å². The number of aromatic nitrogens is 5. The molecule has 0 amide bonds. The van der Waals surface area contributed by atoms with Gasteiger partial charge in [-0.3, -0.25) is 0 Å². The van der Waals surface area contributed by atoms with Crippen molar-refractivity contribution >= 4 is 11.6 Å². The Balaban J connectivity index is 1.28. The van der Waals surface area contributed by atoms with E-state index in [2.05, 4.69) is 35.9 Å². The molecule has 5 heterocycles. The number of nitriles is 1. The highest BCUT2D eigenvalue weighted by atomic mass is 15.3. The molecule has 134 valence electrons. The number of hydrogen-bond acceptors (Lipinski definition) is 7. The summed E-state index contributed by atoms with van der Waals surface area (Å²) in [5.41, 5.74) is 0.598. The van der Waals surface area contributed by atoms with Crippen molar-refractivity contribution in [3.05, 3.63) is 54.7 Å². The van der Waals surface area contributed by atoms with Gasteiger partial charge in [0.25, 0.3) is 0 Å². The summed E-state index contributed by atoms with van der Waals surface area (Å²) in [6.45, 7) is 3.92. The van der Waals surface area contributed by atoms with Crippen LogP contribution in [0.25, 0.3) is 5.82 Å². The maximum atomic E-state index is 8.92. The van der Waals surface area contributed by atoms with Gasteiger partial charge in [-0.25, -0.2) is 19.6 Å². The first-order chi connectivity index (χ1) is 13.3. The van der Waals surface area contributed by atoms with Crippen molar-refractivity contribution in [2.75, 3.05) is 36.0 Å². The molecule has 3 aromatic heterocycles. The quantitative estimate of drug-likeness (QED) is 0.701. The minimum absolute atomic E-state index is 0.588. The predicted octanol–water partition coefficient (Wildman–Crippen LogP) is 1.50. The van der Waals surface area contributed by atoms with E-state index in [1.165, 1.54) is 0 Å². The molecule has 0 bridgehead atoms. The molecule has 2 fully saturated rings. The third kappa shape index (κ3) is 2.87. The summed E-state index contributed by atoms with van der Waals surface area (Å²) in [6.07, 6.45) is 6.88. The molecule has 2 aliphatic rings. The Morgan fingerprint density at radius 3 is 2.30 bits per heavy atom. The van der Waals surface area contributed by atoms with Crippen LogP contribution in [0.2, 0.25) is 0 Å². The molecule has 5 rings (SSSR count). The second kappa shape index (κ2) is 6.36. The Labute approximate surface area is 156 Å². The van der Waals surface area contributed by atoms with Crippen LogP contribution in [-0.2, 0) is 0 Å². The van der Waals surface area contributed by atoms with E-state index in [1.807, 2.05) is 30.5 Å². The summed E-state index contributed by atoms with van der Waals surface area (Å²) >= 11 is 0. The molecule has 2 unspecified atom stereocenters. The average Bonchev–Trinajstić information content (AvgIpc) is 3.44. The van der Waals surface area contributed by atoms with E-state index in [1.54, 1.807) is 23.4 Å². The van der Waals surface area contributed by atoms with E-state index in [9.17, 15) is 0 Å². The average molecular weight is 358 g/mol. The lowest BCUT2D eigenvalue weighted by Gasteiger charge is -2.23. The smallest absolute Gasteiger partial charge is 0.158 e. The first-order valence-corrected chi connectivity index (χ1v) is 8.98. The van der Waals surface area contributed by atoms with E-state index >= 15 is 0 Å². The van der Waals surface area contributed by atoms with Crippen LogP contribution >= 0.6 is 0 Å². The Morgan fingerprint density at radius 2 is 1.67 bits per heavy atom. The Bertz CT molecular complexity index is 962. The highest BCUT2D eigenvalue weighted by Gasteiger charge is 2.40. The number of pyridine rings is 1. The number of rotatable bonds is 3. The van der Waals surface area contributed by atoms with Crippen molar-refractivity contribution in [2.45, 2.75) is 0 Å². The van der Waals surface area contributed by atoms with Gasteiger partial charge in [0.15, 0.2) is 5.82 Å². The van der Waals surface area contributed by atoms with Crippen LogP contribution in [-0.4, -0.2) is 50.9 Å². The van der Waals surface area contributed by atoms with E-state index in [4.69, 9.17) is 5.26 Å². The Morgan fingerprint density at radius 1 is 0.926 bits per heavy atom. The SMILES string of the molecule is N#Cc1ccc(N2CC3CN(c4cc(-n5cccn5)ncn4)CC3C2)nc1. The van der Waals surface area contributed by atoms with Crippen LogP contribution < -0.4 is 9.80 Å². The van der Waals surface area contributed by atoms with Gasteiger partial charge in [0, 0.05) is 62.7 Å². The lowest BCUT2D eigenvalue weighted by atomic mass is 10.0. The third-order valence-electron chi connectivity index (χ3n) is 5.39. The largest absolute Gasteiger partial charge is 0.356 e. The molecule has 0 aliphatic carbocycles. The van der Waals surface area contributed by atoms with Gasteiger partial charge in [-0.15, -0.1) is 0 Å². The van der Waals surface area contributed by atoms with Gasteiger partial charge < -0.3 is 9.80 Å². The maximum absolute atomic E-state index is 8.92. The molecule has 27 heavy (non-hydrogen) atoms. The molecule has 3 aromatic rings. The normalized spacial score (nSPS) is 21.3. The van der Waals surface area contributed by atoms with Crippen molar-refractivity contribution in [3.63, 3.8) is 0 Å². The number of hydrogen-bond donors (Lipinski definition) is 0. The first-order valence-electron chi connectivity index (χ1n) is 8.98. The summed E-state index contributed by atoms with van der Waals surface area (Å²) in [7, 11) is 0. The fourth-order valence-electron chi connectivity index (χ4n) is 4.05. The molecule has 2 atom stereocenters. The zero-order chi connectivity index (χ0) is 18.2. The van der Waals surface area contributed by atoms with Gasteiger partial charge in [0.2, 0.25) is 0 Å². The number of nitrogens with zero attached hydrogens (tertiary/aromatic N) is 8. The van der Waals surface area contributed by atoms with Crippen molar-refractivity contribution in [3.8, 4) is 11.9 Å². The van der Waals surface area contributed by atoms with Crippen LogP contribution in [0.5, 0.6) is 0 Å². The lowest BCUT2D eigenvalue weighted by Crippen LogP contribution is -2.29. The summed E-state index contributed by atoms with van der Waals surface area (Å²) in [6, 6.07) is 9.77. The van der Waals surface area contributed by atoms with Gasteiger partial charge in [-0.2, -0.15) is 10.4 Å². The molecular formula is C19H18N8. The molecule has 0 spiro atoms. The third-order valence-corrected chi connectivity index (χ3v) is 5.39. The van der Waals surface area contributed by atoms with Crippen molar-refractivity contribution in [2.24, 2.45) is 11.8 Å². The van der Waals surface area contributed by atoms with Crippen molar-refractivity contribution in [1.82, 2.24) is 24.7 Å². The summed E-state index contributed by atoms with van der Waals surface area (Å²) in [5, 5.41) is 13.2. The summed E-state index contributed by atoms with van der Waals surface area (Å²) < 4.78 is 1.75. The molecule has 2 saturated heterocycles. The van der Waals surface area contributed by atoms with Crippen molar-refractivity contribution < 1.29 is 0 Å². The second-order valence-corrected chi connectivity index (χ2v) is 7.03. The summed E-state index contributed by atoms with van der Waals surface area (Å²) in [4.78, 5) is 17.9. The van der Waals surface area contributed by atoms with Crippen LogP contribution in [0.3, 0.4) is 0 Å². The van der Waals surface area contributed by atoms with Gasteiger partial charge in [-0.1, -0.05) is 0 Å². The van der Waals surface area contributed by atoms with E-state index in [-0.39, 0.29) is 0 Å². The predicted molar refractivity (Wildman–Crippen MR) is 99.5 cm³/mol. The van der Waals surface area contributed by atoms with Crippen LogP contribution in [0.1, 0.15) is 5.56 Å². The Kier molecular flexibility index (Phi) is 3.71. The Hall–Kier alpha value is -3.47. The molecule has 0 aromatic carbocycles. The molecule has 2 aliphatic heterocycles. The molecule has 8 nitrogen and oxygen atoms in total. The minimum Gasteiger partial charge on any atom is -0.356 e. The van der Waals surface area contributed by atoms with E-state index < -0.39 is 0 Å². The highest BCUT2D eigenvalue weighted by molar-refractivity contribution is 5.47. The molecule has 0 saturated carbocycles. The maximum Gasteiger partial charge on any atom is 0.158 e. The minimum atomic E-state index is 0.588. The molecule has 0 N–H and O–H groups in total. The van der Waals surface area contributed by atoms with Crippen molar-refractivity contribution in [1.29, 1.82) is 5.26 Å². The van der Waals surface area contributed by atoms with Crippen LogP contribution in [0, 0.1) is 23.2 Å². The highest BCUT2D eigenvalue weighted by Crippen LogP contribution is 2.35. The van der Waals surface area contributed by atoms with Gasteiger partial charge >= 0.3 is 0 Å². The fourth-order valence-corrected chi connectivity index (χ4v) is 4.05. The standard InChI is InChI=1S/C19H18N8/c20-7-14-2-3-17(21-8-14)25-9-15-11-26(12-16(15)10-25)18-6-19(23-13-22-18)27-5-1-4-24-27/h1-6,8,13,15-16H,9-12H2. The first kappa shape index (κ1) is 15.8. The van der Waals surface area contributed by atoms with E-state index in [0.717, 1.165) is 43.6 Å². The lowest BCUT2D eigenvalue weighted by molar-refractivity contribution is 0.533. The van der Waals surface area contributed by atoms with Gasteiger partial charge in [0.1, 0.15) is 24.0 Å². The topological polar surface area (TPSA) is 86.8 Å². The molecule has 0 radical (unpaired) electrons. The van der Waals surface area contributed by atoms with Crippen LogP contribution in [0.4, 0.5) is 11.6 Å². The molecular weight excluding hydrogens is 340 g/mol. The fraction of sp³-hybridized carbons (Fsp3) is 0.316. The zero-order valence-electron chi connectivity index (χ0n) is 14.7. The van der Waals surface area contributed by atoms with Gasteiger partial charge in [0.05, 0.1) is 5.56 Å². The monoisotopic (exact) mass is 358 g/mol. The second-order valence-electron chi connectivity index (χ2n) is 7.03. The molecule has 8 heteroatoms. The van der Waals surface area contributed by atoms with E-state index in [0.29, 0.717) is 17.4 Å². The number of fused-ring (bicyclic) bond motifs is 1. The number of anilines is 2. The zero-order valence-corrected chi connectivity index (χ0v) is 14.7. The van der Waals surface area contributed by atoms with Crippen LogP contribution in [0.15, 0.2) is 49.2 Å². The summed E-state index contributed by atoms with van der Waals surface area (Å²) in [5.74, 6) is 3.87.